The summed E-state index contributed by atoms with van der Waals surface area (Å²) in [6.07, 6.45) is 4.78. The third kappa shape index (κ3) is 4.12. The zero-order valence-corrected chi connectivity index (χ0v) is 22.1. The molecule has 0 aromatic rings. The van der Waals surface area contributed by atoms with Gasteiger partial charge < -0.3 is 24.4 Å². The molecular formula is C27H42N2O6. The van der Waals surface area contributed by atoms with E-state index in [1.54, 1.807) is 17.1 Å². The van der Waals surface area contributed by atoms with Crippen molar-refractivity contribution in [1.82, 2.24) is 9.80 Å². The Bertz CT molecular complexity index is 877. The lowest BCUT2D eigenvalue weighted by molar-refractivity contribution is -0.164. The van der Waals surface area contributed by atoms with E-state index in [4.69, 9.17) is 9.47 Å². The van der Waals surface area contributed by atoms with Gasteiger partial charge in [-0.1, -0.05) is 26.0 Å². The third-order valence-corrected chi connectivity index (χ3v) is 8.27. The standard InChI is InChI=1S/C27H42N2O6/c1-9-12-14-34-24(33)20-19-22(31)29(18(11-3)16-30)21(23(32)28(13-10-2)25(5,6)7)27(19)15-17(4)26(20,8)35-27/h9-10,17-21,30H,1-2,11-16H2,3-8H3/t17?,18-,19-,20-,21?,26+,27?/m0/s1. The lowest BCUT2D eigenvalue weighted by Crippen LogP contribution is -2.61. The molecule has 3 heterocycles. The SMILES string of the molecule is C=CCCOC(=O)[C@@H]1[C@H]2C(=O)N([C@@H](CC)CO)C(C(=O)N(CC=C)C(C)(C)C)C23CC(C)[C@@]1(C)O3. The first-order valence-corrected chi connectivity index (χ1v) is 12.7. The second-order valence-electron chi connectivity index (χ2n) is 11.3. The molecule has 196 valence electrons. The second kappa shape index (κ2) is 9.69. The Kier molecular flexibility index (Phi) is 7.59. The fourth-order valence-electron chi connectivity index (χ4n) is 6.43. The lowest BCUT2D eigenvalue weighted by Gasteiger charge is -2.43. The van der Waals surface area contributed by atoms with E-state index < -0.39 is 46.6 Å². The van der Waals surface area contributed by atoms with Crippen LogP contribution in [0.3, 0.4) is 0 Å². The van der Waals surface area contributed by atoms with Gasteiger partial charge in [0.25, 0.3) is 0 Å². The Morgan fingerprint density at radius 3 is 2.51 bits per heavy atom. The van der Waals surface area contributed by atoms with Gasteiger partial charge >= 0.3 is 5.97 Å². The van der Waals surface area contributed by atoms with Crippen LogP contribution in [-0.2, 0) is 23.9 Å². The summed E-state index contributed by atoms with van der Waals surface area (Å²) in [6, 6.07) is -1.52. The van der Waals surface area contributed by atoms with Gasteiger partial charge in [0.15, 0.2) is 0 Å². The molecule has 0 aromatic carbocycles. The van der Waals surface area contributed by atoms with E-state index in [9.17, 15) is 19.5 Å². The molecular weight excluding hydrogens is 448 g/mol. The summed E-state index contributed by atoms with van der Waals surface area (Å²) in [5.74, 6) is -2.81. The van der Waals surface area contributed by atoms with Crippen molar-refractivity contribution in [3.05, 3.63) is 25.3 Å². The van der Waals surface area contributed by atoms with Crippen LogP contribution in [-0.4, -0.2) is 81.3 Å². The maximum absolute atomic E-state index is 14.3. The zero-order chi connectivity index (χ0) is 26.3. The highest BCUT2D eigenvalue weighted by Crippen LogP contribution is 2.65. The zero-order valence-electron chi connectivity index (χ0n) is 22.1. The molecule has 1 N–H and O–H groups in total. The van der Waals surface area contributed by atoms with E-state index in [1.807, 2.05) is 41.5 Å². The summed E-state index contributed by atoms with van der Waals surface area (Å²) >= 11 is 0. The topological polar surface area (TPSA) is 96.4 Å². The summed E-state index contributed by atoms with van der Waals surface area (Å²) < 4.78 is 12.3. The highest BCUT2D eigenvalue weighted by molar-refractivity contribution is 5.99. The Labute approximate surface area is 209 Å². The molecule has 8 heteroatoms. The van der Waals surface area contributed by atoms with Crippen LogP contribution in [0.15, 0.2) is 25.3 Å². The van der Waals surface area contributed by atoms with Gasteiger partial charge in [0, 0.05) is 12.1 Å². The number of hydrogen-bond donors (Lipinski definition) is 1. The molecule has 2 amide bonds. The van der Waals surface area contributed by atoms with Crippen LogP contribution in [0.25, 0.3) is 0 Å². The molecule has 3 aliphatic rings. The van der Waals surface area contributed by atoms with Crippen molar-refractivity contribution >= 4 is 17.8 Å². The quantitative estimate of drug-likeness (QED) is 0.287. The van der Waals surface area contributed by atoms with Gasteiger partial charge in [-0.05, 0) is 52.9 Å². The molecule has 0 aromatic heterocycles. The first kappa shape index (κ1) is 27.4. The third-order valence-electron chi connectivity index (χ3n) is 8.27. The van der Waals surface area contributed by atoms with Crippen molar-refractivity contribution in [2.45, 2.75) is 89.6 Å². The highest BCUT2D eigenvalue weighted by atomic mass is 16.6. The van der Waals surface area contributed by atoms with Crippen LogP contribution < -0.4 is 0 Å². The van der Waals surface area contributed by atoms with Gasteiger partial charge in [0.2, 0.25) is 11.8 Å². The number of aliphatic hydroxyl groups excluding tert-OH is 1. The van der Waals surface area contributed by atoms with Crippen LogP contribution in [0, 0.1) is 17.8 Å². The first-order chi connectivity index (χ1) is 16.3. The van der Waals surface area contributed by atoms with E-state index in [2.05, 4.69) is 13.2 Å². The molecule has 1 spiro atoms. The average Bonchev–Trinajstić information content (AvgIpc) is 3.29. The summed E-state index contributed by atoms with van der Waals surface area (Å²) in [5, 5.41) is 10.2. The molecule has 3 rings (SSSR count). The predicted octanol–water partition coefficient (Wildman–Crippen LogP) is 2.70. The van der Waals surface area contributed by atoms with Crippen molar-refractivity contribution in [2.75, 3.05) is 19.8 Å². The minimum Gasteiger partial charge on any atom is -0.465 e. The smallest absolute Gasteiger partial charge is 0.312 e. The fraction of sp³-hybridized carbons (Fsp3) is 0.741. The molecule has 0 saturated carbocycles. The number of aliphatic hydroxyl groups is 1. The van der Waals surface area contributed by atoms with Crippen LogP contribution >= 0.6 is 0 Å². The van der Waals surface area contributed by atoms with Gasteiger partial charge in [-0.15, -0.1) is 13.2 Å². The van der Waals surface area contributed by atoms with E-state index in [0.29, 0.717) is 25.8 Å². The van der Waals surface area contributed by atoms with Crippen molar-refractivity contribution in [1.29, 1.82) is 0 Å². The van der Waals surface area contributed by atoms with Crippen LogP contribution in [0.1, 0.15) is 60.8 Å². The van der Waals surface area contributed by atoms with Crippen molar-refractivity contribution in [2.24, 2.45) is 17.8 Å². The maximum atomic E-state index is 14.3. The van der Waals surface area contributed by atoms with Gasteiger partial charge in [-0.3, -0.25) is 14.4 Å². The minimum absolute atomic E-state index is 0.0737. The summed E-state index contributed by atoms with van der Waals surface area (Å²) in [6.45, 7) is 19.2. The summed E-state index contributed by atoms with van der Waals surface area (Å²) in [5.41, 5.74) is -2.63. The van der Waals surface area contributed by atoms with E-state index in [1.165, 1.54) is 4.90 Å². The highest BCUT2D eigenvalue weighted by Gasteiger charge is 2.80. The van der Waals surface area contributed by atoms with Gasteiger partial charge in [0.1, 0.15) is 17.6 Å². The van der Waals surface area contributed by atoms with Gasteiger partial charge in [0.05, 0.1) is 30.8 Å². The summed E-state index contributed by atoms with van der Waals surface area (Å²) in [4.78, 5) is 45.0. The van der Waals surface area contributed by atoms with E-state index >= 15 is 0 Å². The first-order valence-electron chi connectivity index (χ1n) is 12.7. The number of amides is 2. The maximum Gasteiger partial charge on any atom is 0.312 e. The molecule has 7 atom stereocenters. The predicted molar refractivity (Wildman–Crippen MR) is 132 cm³/mol. The van der Waals surface area contributed by atoms with E-state index in [-0.39, 0.29) is 30.9 Å². The Morgan fingerprint density at radius 1 is 1.34 bits per heavy atom. The Morgan fingerprint density at radius 2 is 2.00 bits per heavy atom. The number of ether oxygens (including phenoxy) is 2. The second-order valence-corrected chi connectivity index (χ2v) is 11.3. The van der Waals surface area contributed by atoms with Crippen molar-refractivity contribution < 1.29 is 29.0 Å². The molecule has 3 saturated heterocycles. The number of nitrogens with zero attached hydrogens (tertiary/aromatic N) is 2. The fourth-order valence-corrected chi connectivity index (χ4v) is 6.43. The monoisotopic (exact) mass is 490 g/mol. The number of esters is 1. The number of hydrogen-bond acceptors (Lipinski definition) is 6. The molecule has 0 radical (unpaired) electrons. The number of fused-ring (bicyclic) bond motifs is 1. The lowest BCUT2D eigenvalue weighted by atomic mass is 9.62. The van der Waals surface area contributed by atoms with Crippen LogP contribution in [0.2, 0.25) is 0 Å². The molecule has 3 unspecified atom stereocenters. The van der Waals surface area contributed by atoms with Crippen molar-refractivity contribution in [3.63, 3.8) is 0 Å². The summed E-state index contributed by atoms with van der Waals surface area (Å²) in [7, 11) is 0. The van der Waals surface area contributed by atoms with E-state index in [0.717, 1.165) is 0 Å². The molecule has 3 aliphatic heterocycles. The number of carbonyl (C=O) groups excluding carboxylic acids is 3. The molecule has 0 aliphatic carbocycles. The average molecular weight is 491 g/mol. The number of likely N-dealkylation sites (tertiary alicyclic amines) is 1. The molecule has 8 nitrogen and oxygen atoms in total. The number of rotatable bonds is 10. The van der Waals surface area contributed by atoms with Crippen LogP contribution in [0.4, 0.5) is 0 Å². The Hall–Kier alpha value is -2.19. The molecule has 2 bridgehead atoms. The minimum atomic E-state index is -1.17. The molecule has 3 fully saturated rings. The largest absolute Gasteiger partial charge is 0.465 e. The van der Waals surface area contributed by atoms with Crippen LogP contribution in [0.5, 0.6) is 0 Å². The molecule has 35 heavy (non-hydrogen) atoms. The van der Waals surface area contributed by atoms with Gasteiger partial charge in [-0.25, -0.2) is 0 Å². The Balaban J connectivity index is 2.15. The normalized spacial score (nSPS) is 34.5. The number of carbonyl (C=O) groups is 3. The van der Waals surface area contributed by atoms with Crippen molar-refractivity contribution in [3.8, 4) is 0 Å². The van der Waals surface area contributed by atoms with Gasteiger partial charge in [-0.2, -0.15) is 0 Å².